The van der Waals surface area contributed by atoms with E-state index in [1.165, 1.54) is 18.2 Å². The third-order valence-corrected chi connectivity index (χ3v) is 1.89. The van der Waals surface area contributed by atoms with Gasteiger partial charge in [0, 0.05) is 12.1 Å². The molecule has 0 bridgehead atoms. The number of amides is 1. The van der Waals surface area contributed by atoms with Crippen molar-refractivity contribution in [1.29, 1.82) is 0 Å². The smallest absolute Gasteiger partial charge is 0.252 e. The second kappa shape index (κ2) is 5.89. The van der Waals surface area contributed by atoms with Crippen molar-refractivity contribution in [3.8, 4) is 11.8 Å². The fourth-order valence-corrected chi connectivity index (χ4v) is 1.22. The van der Waals surface area contributed by atoms with E-state index >= 15 is 0 Å². The van der Waals surface area contributed by atoms with E-state index in [2.05, 4.69) is 17.2 Å². The van der Waals surface area contributed by atoms with Crippen LogP contribution in [0, 0.1) is 17.7 Å². The molecule has 4 heteroatoms. The lowest BCUT2D eigenvalue weighted by Crippen LogP contribution is -2.23. The molecule has 0 radical (unpaired) electrons. The number of halogens is 1. The van der Waals surface area contributed by atoms with Crippen LogP contribution in [0.2, 0.25) is 0 Å². The van der Waals surface area contributed by atoms with E-state index in [0.29, 0.717) is 12.1 Å². The SMILES string of the molecule is CCNC(=O)c1cc(F)ccc1C#CCN. The standard InChI is InChI=1S/C12H13FN2O/c1-2-15-12(16)11-8-10(13)6-5-9(11)4-3-7-14/h5-6,8H,2,7,14H2,1H3,(H,15,16). The van der Waals surface area contributed by atoms with E-state index < -0.39 is 5.82 Å². The predicted octanol–water partition coefficient (Wildman–Crippen LogP) is 0.886. The molecule has 84 valence electrons. The molecule has 0 saturated heterocycles. The molecule has 0 aliphatic carbocycles. The first-order valence-electron chi connectivity index (χ1n) is 4.95. The van der Waals surface area contributed by atoms with Crippen LogP contribution in [0.4, 0.5) is 4.39 Å². The summed E-state index contributed by atoms with van der Waals surface area (Å²) in [6.45, 7) is 2.48. The number of carbonyl (C=O) groups excluding carboxylic acids is 1. The van der Waals surface area contributed by atoms with E-state index in [4.69, 9.17) is 5.73 Å². The Hall–Kier alpha value is -1.86. The zero-order valence-corrected chi connectivity index (χ0v) is 9.01. The average molecular weight is 220 g/mol. The average Bonchev–Trinajstić information content (AvgIpc) is 2.27. The Balaban J connectivity index is 3.12. The zero-order valence-electron chi connectivity index (χ0n) is 9.01. The molecule has 16 heavy (non-hydrogen) atoms. The molecule has 0 aliphatic rings. The molecule has 0 atom stereocenters. The van der Waals surface area contributed by atoms with Gasteiger partial charge in [0.1, 0.15) is 5.82 Å². The molecular weight excluding hydrogens is 207 g/mol. The Morgan fingerprint density at radius 2 is 2.31 bits per heavy atom. The number of benzene rings is 1. The van der Waals surface area contributed by atoms with Crippen LogP contribution in [0.15, 0.2) is 18.2 Å². The van der Waals surface area contributed by atoms with Gasteiger partial charge in [-0.25, -0.2) is 4.39 Å². The molecule has 0 fully saturated rings. The fourth-order valence-electron chi connectivity index (χ4n) is 1.22. The second-order valence-electron chi connectivity index (χ2n) is 3.06. The van der Waals surface area contributed by atoms with Crippen molar-refractivity contribution in [2.45, 2.75) is 6.92 Å². The van der Waals surface area contributed by atoms with Crippen LogP contribution in [0.5, 0.6) is 0 Å². The largest absolute Gasteiger partial charge is 0.352 e. The lowest BCUT2D eigenvalue weighted by molar-refractivity contribution is 0.0955. The normalized spacial score (nSPS) is 9.19. The van der Waals surface area contributed by atoms with E-state index in [1.807, 2.05) is 0 Å². The van der Waals surface area contributed by atoms with Crippen molar-refractivity contribution in [1.82, 2.24) is 5.32 Å². The van der Waals surface area contributed by atoms with Gasteiger partial charge in [-0.2, -0.15) is 0 Å². The van der Waals surface area contributed by atoms with Gasteiger partial charge in [-0.15, -0.1) is 0 Å². The summed E-state index contributed by atoms with van der Waals surface area (Å²) >= 11 is 0. The first-order chi connectivity index (χ1) is 7.69. The third kappa shape index (κ3) is 3.07. The van der Waals surface area contributed by atoms with Crippen molar-refractivity contribution >= 4 is 5.91 Å². The molecule has 3 N–H and O–H groups in total. The van der Waals surface area contributed by atoms with Crippen LogP contribution in [0.3, 0.4) is 0 Å². The molecule has 1 aromatic rings. The zero-order chi connectivity index (χ0) is 12.0. The first-order valence-corrected chi connectivity index (χ1v) is 4.95. The van der Waals surface area contributed by atoms with Gasteiger partial charge < -0.3 is 11.1 Å². The molecule has 0 unspecified atom stereocenters. The Bertz CT molecular complexity index is 446. The van der Waals surface area contributed by atoms with Crippen molar-refractivity contribution < 1.29 is 9.18 Å². The summed E-state index contributed by atoms with van der Waals surface area (Å²) < 4.78 is 13.0. The molecule has 1 aromatic carbocycles. The lowest BCUT2D eigenvalue weighted by atomic mass is 10.1. The van der Waals surface area contributed by atoms with Gasteiger partial charge in [-0.1, -0.05) is 11.8 Å². The molecule has 0 saturated carbocycles. The molecular formula is C12H13FN2O. The molecule has 0 aromatic heterocycles. The van der Waals surface area contributed by atoms with E-state index in [0.717, 1.165) is 0 Å². The Morgan fingerprint density at radius 3 is 2.94 bits per heavy atom. The number of hydrogen-bond donors (Lipinski definition) is 2. The van der Waals surface area contributed by atoms with Crippen LogP contribution in [0.25, 0.3) is 0 Å². The van der Waals surface area contributed by atoms with Crippen molar-refractivity contribution in [3.05, 3.63) is 35.1 Å². The maximum absolute atomic E-state index is 13.0. The van der Waals surface area contributed by atoms with Gasteiger partial charge in [-0.05, 0) is 25.1 Å². The summed E-state index contributed by atoms with van der Waals surface area (Å²) in [5, 5.41) is 2.60. The van der Waals surface area contributed by atoms with Crippen molar-refractivity contribution in [3.63, 3.8) is 0 Å². The molecule has 0 heterocycles. The van der Waals surface area contributed by atoms with Gasteiger partial charge in [0.25, 0.3) is 5.91 Å². The maximum Gasteiger partial charge on any atom is 0.252 e. The van der Waals surface area contributed by atoms with Crippen LogP contribution < -0.4 is 11.1 Å². The molecule has 1 rings (SSSR count). The Kier molecular flexibility index (Phi) is 4.49. The summed E-state index contributed by atoms with van der Waals surface area (Å²) in [4.78, 5) is 11.6. The van der Waals surface area contributed by atoms with Crippen LogP contribution in [0.1, 0.15) is 22.8 Å². The molecule has 1 amide bonds. The minimum absolute atomic E-state index is 0.201. The number of nitrogens with one attached hydrogen (secondary N) is 1. The van der Waals surface area contributed by atoms with Gasteiger partial charge in [0.05, 0.1) is 12.1 Å². The van der Waals surface area contributed by atoms with Crippen LogP contribution in [-0.4, -0.2) is 19.0 Å². The van der Waals surface area contributed by atoms with Gasteiger partial charge >= 0.3 is 0 Å². The minimum Gasteiger partial charge on any atom is -0.352 e. The minimum atomic E-state index is -0.459. The van der Waals surface area contributed by atoms with Gasteiger partial charge in [0.2, 0.25) is 0 Å². The topological polar surface area (TPSA) is 55.1 Å². The highest BCUT2D eigenvalue weighted by Crippen LogP contribution is 2.10. The molecule has 0 spiro atoms. The third-order valence-electron chi connectivity index (χ3n) is 1.89. The summed E-state index contributed by atoms with van der Waals surface area (Å²) in [6, 6.07) is 3.91. The Labute approximate surface area is 93.8 Å². The second-order valence-corrected chi connectivity index (χ2v) is 3.06. The highest BCUT2D eigenvalue weighted by atomic mass is 19.1. The number of carbonyl (C=O) groups is 1. The summed E-state index contributed by atoms with van der Waals surface area (Å²) in [5.74, 6) is 4.58. The van der Waals surface area contributed by atoms with E-state index in [-0.39, 0.29) is 18.0 Å². The van der Waals surface area contributed by atoms with Gasteiger partial charge in [0.15, 0.2) is 0 Å². The van der Waals surface area contributed by atoms with E-state index in [1.54, 1.807) is 6.92 Å². The van der Waals surface area contributed by atoms with Crippen molar-refractivity contribution in [2.75, 3.05) is 13.1 Å². The lowest BCUT2D eigenvalue weighted by Gasteiger charge is -2.04. The Morgan fingerprint density at radius 1 is 1.56 bits per heavy atom. The fraction of sp³-hybridized carbons (Fsp3) is 0.250. The van der Waals surface area contributed by atoms with Crippen LogP contribution >= 0.6 is 0 Å². The number of hydrogen-bond acceptors (Lipinski definition) is 2. The molecule has 0 aliphatic heterocycles. The van der Waals surface area contributed by atoms with Crippen molar-refractivity contribution in [2.24, 2.45) is 5.73 Å². The first kappa shape index (κ1) is 12.2. The quantitative estimate of drug-likeness (QED) is 0.727. The highest BCUT2D eigenvalue weighted by Gasteiger charge is 2.10. The van der Waals surface area contributed by atoms with E-state index in [9.17, 15) is 9.18 Å². The number of rotatable bonds is 2. The number of nitrogens with two attached hydrogens (primary N) is 1. The predicted molar refractivity (Wildman–Crippen MR) is 60.3 cm³/mol. The van der Waals surface area contributed by atoms with Crippen LogP contribution in [-0.2, 0) is 0 Å². The summed E-state index contributed by atoms with van der Waals surface area (Å²) in [5.41, 5.74) is 5.97. The highest BCUT2D eigenvalue weighted by molar-refractivity contribution is 5.96. The van der Waals surface area contributed by atoms with Gasteiger partial charge in [-0.3, -0.25) is 4.79 Å². The summed E-state index contributed by atoms with van der Waals surface area (Å²) in [6.07, 6.45) is 0. The monoisotopic (exact) mass is 220 g/mol. The molecule has 3 nitrogen and oxygen atoms in total. The summed E-state index contributed by atoms with van der Waals surface area (Å²) in [7, 11) is 0. The maximum atomic E-state index is 13.0.